The minimum Gasteiger partial charge on any atom is -0.480 e. The van der Waals surface area contributed by atoms with E-state index in [4.69, 9.17) is 5.11 Å². The standard InChI is InChI=1S/C14H19NO3S/c1-15(10-12(16)17)13(18)14(7-3-2-4-8-14)11-6-5-9-19-11/h5-6,9H,2-4,7-8,10H2,1H3,(H,16,17). The van der Waals surface area contributed by atoms with Crippen molar-refractivity contribution in [2.75, 3.05) is 13.6 Å². The van der Waals surface area contributed by atoms with Crippen LogP contribution in [0.1, 0.15) is 37.0 Å². The maximum atomic E-state index is 12.7. The van der Waals surface area contributed by atoms with Crippen molar-refractivity contribution in [1.82, 2.24) is 4.90 Å². The molecule has 1 aromatic rings. The molecule has 2 rings (SSSR count). The Morgan fingerprint density at radius 3 is 2.58 bits per heavy atom. The van der Waals surface area contributed by atoms with Gasteiger partial charge >= 0.3 is 5.97 Å². The summed E-state index contributed by atoms with van der Waals surface area (Å²) in [5.41, 5.74) is -0.489. The molecule has 1 fully saturated rings. The van der Waals surface area contributed by atoms with Crippen LogP contribution in [0.15, 0.2) is 17.5 Å². The topological polar surface area (TPSA) is 57.6 Å². The Kier molecular flexibility index (Phi) is 4.24. The number of hydrogen-bond acceptors (Lipinski definition) is 3. The smallest absolute Gasteiger partial charge is 0.323 e. The first-order chi connectivity index (χ1) is 9.06. The van der Waals surface area contributed by atoms with Crippen LogP contribution in [0.2, 0.25) is 0 Å². The van der Waals surface area contributed by atoms with E-state index in [1.54, 1.807) is 18.4 Å². The zero-order valence-corrected chi connectivity index (χ0v) is 11.9. The molecule has 1 aromatic heterocycles. The predicted octanol–water partition coefficient (Wildman–Crippen LogP) is 2.49. The van der Waals surface area contributed by atoms with E-state index in [1.807, 2.05) is 17.5 Å². The minimum absolute atomic E-state index is 0.0444. The first-order valence-electron chi connectivity index (χ1n) is 6.57. The van der Waals surface area contributed by atoms with Crippen LogP contribution in [0.5, 0.6) is 0 Å². The van der Waals surface area contributed by atoms with Gasteiger partial charge in [0.05, 0.1) is 5.41 Å². The normalized spacial score (nSPS) is 17.9. The van der Waals surface area contributed by atoms with E-state index < -0.39 is 11.4 Å². The summed E-state index contributed by atoms with van der Waals surface area (Å²) < 4.78 is 0. The average Bonchev–Trinajstić information content (AvgIpc) is 2.92. The second-order valence-corrected chi connectivity index (χ2v) is 6.12. The summed E-state index contributed by atoms with van der Waals surface area (Å²) in [7, 11) is 1.58. The van der Waals surface area contributed by atoms with Crippen molar-refractivity contribution >= 4 is 23.2 Å². The first-order valence-corrected chi connectivity index (χ1v) is 7.45. The van der Waals surface area contributed by atoms with Gasteiger partial charge in [-0.1, -0.05) is 25.3 Å². The van der Waals surface area contributed by atoms with Crippen molar-refractivity contribution in [2.45, 2.75) is 37.5 Å². The molecule has 1 saturated carbocycles. The number of aliphatic carboxylic acids is 1. The number of carbonyl (C=O) groups excluding carboxylic acids is 1. The van der Waals surface area contributed by atoms with Crippen molar-refractivity contribution in [3.8, 4) is 0 Å². The van der Waals surface area contributed by atoms with E-state index in [2.05, 4.69) is 0 Å². The molecule has 1 aliphatic rings. The zero-order valence-electron chi connectivity index (χ0n) is 11.1. The van der Waals surface area contributed by atoms with E-state index in [-0.39, 0.29) is 12.5 Å². The molecular weight excluding hydrogens is 262 g/mol. The molecule has 0 radical (unpaired) electrons. The number of carboxylic acid groups (broad SMARTS) is 1. The Balaban J connectivity index is 2.27. The van der Waals surface area contributed by atoms with E-state index >= 15 is 0 Å². The Labute approximate surface area is 117 Å². The van der Waals surface area contributed by atoms with Gasteiger partial charge in [-0.05, 0) is 24.3 Å². The van der Waals surface area contributed by atoms with Crippen LogP contribution < -0.4 is 0 Å². The second-order valence-electron chi connectivity index (χ2n) is 5.18. The number of thiophene rings is 1. The fourth-order valence-corrected chi connectivity index (χ4v) is 3.89. The number of carbonyl (C=O) groups is 2. The van der Waals surface area contributed by atoms with Gasteiger partial charge in [-0.3, -0.25) is 9.59 Å². The van der Waals surface area contributed by atoms with E-state index in [9.17, 15) is 9.59 Å². The highest BCUT2D eigenvalue weighted by molar-refractivity contribution is 7.10. The highest BCUT2D eigenvalue weighted by atomic mass is 32.1. The summed E-state index contributed by atoms with van der Waals surface area (Å²) in [5, 5.41) is 10.8. The molecular formula is C14H19NO3S. The van der Waals surface area contributed by atoms with Crippen molar-refractivity contribution in [3.05, 3.63) is 22.4 Å². The maximum Gasteiger partial charge on any atom is 0.323 e. The Hall–Kier alpha value is -1.36. The summed E-state index contributed by atoms with van der Waals surface area (Å²) >= 11 is 1.60. The van der Waals surface area contributed by atoms with Crippen molar-refractivity contribution in [1.29, 1.82) is 0 Å². The fraction of sp³-hybridized carbons (Fsp3) is 0.571. The molecule has 19 heavy (non-hydrogen) atoms. The molecule has 0 atom stereocenters. The van der Waals surface area contributed by atoms with Crippen LogP contribution in [0.4, 0.5) is 0 Å². The van der Waals surface area contributed by atoms with Crippen LogP contribution in [-0.4, -0.2) is 35.5 Å². The third-order valence-electron chi connectivity index (χ3n) is 3.83. The molecule has 1 heterocycles. The average molecular weight is 281 g/mol. The number of amides is 1. The lowest BCUT2D eigenvalue weighted by molar-refractivity contribution is -0.146. The molecule has 1 amide bonds. The molecule has 0 saturated heterocycles. The lowest BCUT2D eigenvalue weighted by atomic mass is 9.72. The Morgan fingerprint density at radius 2 is 2.05 bits per heavy atom. The molecule has 1 aliphatic carbocycles. The van der Waals surface area contributed by atoms with Crippen molar-refractivity contribution < 1.29 is 14.7 Å². The SMILES string of the molecule is CN(CC(=O)O)C(=O)C1(c2cccs2)CCCCC1. The fourth-order valence-electron chi connectivity index (χ4n) is 2.91. The monoisotopic (exact) mass is 281 g/mol. The van der Waals surface area contributed by atoms with Gasteiger partial charge in [-0.15, -0.1) is 11.3 Å². The molecule has 0 aromatic carbocycles. The van der Waals surface area contributed by atoms with Crippen LogP contribution in [-0.2, 0) is 15.0 Å². The number of rotatable bonds is 4. The quantitative estimate of drug-likeness (QED) is 0.922. The molecule has 5 heteroatoms. The summed E-state index contributed by atoms with van der Waals surface area (Å²) in [6.45, 7) is -0.230. The largest absolute Gasteiger partial charge is 0.480 e. The molecule has 1 N–H and O–H groups in total. The molecule has 0 aliphatic heterocycles. The van der Waals surface area contributed by atoms with Gasteiger partial charge in [-0.2, -0.15) is 0 Å². The van der Waals surface area contributed by atoms with Crippen LogP contribution >= 0.6 is 11.3 Å². The highest BCUT2D eigenvalue weighted by Crippen LogP contribution is 2.42. The van der Waals surface area contributed by atoms with Gasteiger partial charge < -0.3 is 10.0 Å². The van der Waals surface area contributed by atoms with E-state index in [0.29, 0.717) is 0 Å². The summed E-state index contributed by atoms with van der Waals surface area (Å²) in [5.74, 6) is -1.01. The van der Waals surface area contributed by atoms with Gasteiger partial charge in [0.15, 0.2) is 0 Å². The second kappa shape index (κ2) is 5.74. The third-order valence-corrected chi connectivity index (χ3v) is 4.90. The predicted molar refractivity (Wildman–Crippen MR) is 74.4 cm³/mol. The van der Waals surface area contributed by atoms with E-state index in [0.717, 1.165) is 37.0 Å². The van der Waals surface area contributed by atoms with Crippen LogP contribution in [0, 0.1) is 0 Å². The number of nitrogens with zero attached hydrogens (tertiary/aromatic N) is 1. The van der Waals surface area contributed by atoms with Crippen LogP contribution in [0.3, 0.4) is 0 Å². The Morgan fingerprint density at radius 1 is 1.37 bits per heavy atom. The summed E-state index contributed by atoms with van der Waals surface area (Å²) in [6.07, 6.45) is 4.88. The van der Waals surface area contributed by atoms with Crippen LogP contribution in [0.25, 0.3) is 0 Å². The van der Waals surface area contributed by atoms with Gasteiger partial charge in [0.25, 0.3) is 0 Å². The number of likely N-dealkylation sites (N-methyl/N-ethyl adjacent to an activating group) is 1. The highest BCUT2D eigenvalue weighted by Gasteiger charge is 2.43. The van der Waals surface area contributed by atoms with Gasteiger partial charge in [0.1, 0.15) is 6.54 Å². The summed E-state index contributed by atoms with van der Waals surface area (Å²) in [4.78, 5) is 26.0. The van der Waals surface area contributed by atoms with Gasteiger partial charge in [-0.25, -0.2) is 0 Å². The Bertz CT molecular complexity index is 449. The zero-order chi connectivity index (χ0) is 13.9. The van der Waals surface area contributed by atoms with Gasteiger partial charge in [0, 0.05) is 11.9 Å². The molecule has 4 nitrogen and oxygen atoms in total. The number of hydrogen-bond donors (Lipinski definition) is 1. The molecule has 0 unspecified atom stereocenters. The van der Waals surface area contributed by atoms with Crippen molar-refractivity contribution in [3.63, 3.8) is 0 Å². The van der Waals surface area contributed by atoms with Crippen molar-refractivity contribution in [2.24, 2.45) is 0 Å². The first kappa shape index (κ1) is 14.1. The maximum absolute atomic E-state index is 12.7. The molecule has 0 bridgehead atoms. The molecule has 104 valence electrons. The van der Waals surface area contributed by atoms with Gasteiger partial charge in [0.2, 0.25) is 5.91 Å². The number of carboxylic acids is 1. The molecule has 0 spiro atoms. The lowest BCUT2D eigenvalue weighted by Gasteiger charge is -2.37. The van der Waals surface area contributed by atoms with E-state index in [1.165, 1.54) is 4.90 Å². The third kappa shape index (κ3) is 2.81. The lowest BCUT2D eigenvalue weighted by Crippen LogP contribution is -2.47. The summed E-state index contributed by atoms with van der Waals surface area (Å²) in [6, 6.07) is 3.96. The minimum atomic E-state index is -0.965.